The van der Waals surface area contributed by atoms with Crippen LogP contribution in [0.4, 0.5) is 0 Å². The fraction of sp³-hybridized carbons (Fsp3) is 0.167. The topological polar surface area (TPSA) is 46.0 Å². The second-order valence-corrected chi connectivity index (χ2v) is 4.58. The molecule has 0 bridgehead atoms. The lowest BCUT2D eigenvalue weighted by molar-refractivity contribution is 0.282. The number of nitrogens with zero attached hydrogens (tertiary/aromatic N) is 2. The predicted molar refractivity (Wildman–Crippen MR) is 70.2 cm³/mol. The quantitative estimate of drug-likeness (QED) is 0.527. The summed E-state index contributed by atoms with van der Waals surface area (Å²) in [5, 5.41) is 10.2. The van der Waals surface area contributed by atoms with Crippen LogP contribution in [0.5, 0.6) is 0 Å². The molecule has 1 aromatic heterocycles. The highest BCUT2D eigenvalue weighted by Gasteiger charge is 2.05. The lowest BCUT2D eigenvalue weighted by Gasteiger charge is -2.05. The summed E-state index contributed by atoms with van der Waals surface area (Å²) in [4.78, 5) is 8.47. The largest absolute Gasteiger partial charge is 0.392 e. The molecule has 0 aliphatic rings. The van der Waals surface area contributed by atoms with Crippen LogP contribution in [0.3, 0.4) is 0 Å². The second kappa shape index (κ2) is 5.49. The van der Waals surface area contributed by atoms with Crippen molar-refractivity contribution in [3.8, 4) is 11.3 Å². The number of hydrogen-bond donors (Lipinski definition) is 1. The van der Waals surface area contributed by atoms with E-state index in [4.69, 9.17) is 16.7 Å². The summed E-state index contributed by atoms with van der Waals surface area (Å²) in [6, 6.07) is 9.29. The van der Waals surface area contributed by atoms with E-state index in [0.29, 0.717) is 10.3 Å². The molecule has 0 atom stereocenters. The molecule has 88 valence electrons. The van der Waals surface area contributed by atoms with Crippen molar-refractivity contribution >= 4 is 23.4 Å². The number of hydrogen-bond acceptors (Lipinski definition) is 4. The van der Waals surface area contributed by atoms with E-state index in [1.54, 1.807) is 6.07 Å². The Balaban J connectivity index is 2.47. The van der Waals surface area contributed by atoms with Gasteiger partial charge in [0.2, 0.25) is 0 Å². The lowest BCUT2D eigenvalue weighted by Crippen LogP contribution is -1.92. The van der Waals surface area contributed by atoms with Crippen molar-refractivity contribution in [1.29, 1.82) is 0 Å². The Morgan fingerprint density at radius 1 is 1.29 bits per heavy atom. The predicted octanol–water partition coefficient (Wildman–Crippen LogP) is 3.01. The first kappa shape index (κ1) is 12.4. The van der Waals surface area contributed by atoms with Crippen molar-refractivity contribution in [2.75, 3.05) is 6.26 Å². The van der Waals surface area contributed by atoms with E-state index in [9.17, 15) is 0 Å². The van der Waals surface area contributed by atoms with Gasteiger partial charge in [0.05, 0.1) is 12.3 Å². The van der Waals surface area contributed by atoms with Gasteiger partial charge < -0.3 is 5.11 Å². The van der Waals surface area contributed by atoms with Crippen LogP contribution in [0.15, 0.2) is 35.5 Å². The SMILES string of the molecule is CSc1nc(Cl)cc(-c2cccc(CO)c2)n1. The second-order valence-electron chi connectivity index (χ2n) is 3.42. The third-order valence-corrected chi connectivity index (χ3v) is 3.00. The molecule has 2 aromatic rings. The van der Waals surface area contributed by atoms with Crippen LogP contribution in [-0.2, 0) is 6.61 Å². The normalized spacial score (nSPS) is 10.5. The zero-order valence-corrected chi connectivity index (χ0v) is 10.8. The van der Waals surface area contributed by atoms with Gasteiger partial charge in [0.25, 0.3) is 0 Å². The lowest BCUT2D eigenvalue weighted by atomic mass is 10.1. The first-order valence-electron chi connectivity index (χ1n) is 5.01. The maximum atomic E-state index is 9.10. The van der Waals surface area contributed by atoms with E-state index in [1.807, 2.05) is 30.5 Å². The third-order valence-electron chi connectivity index (χ3n) is 2.26. The maximum absolute atomic E-state index is 9.10. The molecular weight excluding hydrogens is 256 g/mol. The van der Waals surface area contributed by atoms with Gasteiger partial charge in [-0.3, -0.25) is 0 Å². The molecule has 3 nitrogen and oxygen atoms in total. The van der Waals surface area contributed by atoms with E-state index < -0.39 is 0 Å². The highest BCUT2D eigenvalue weighted by atomic mass is 35.5. The Hall–Kier alpha value is -1.10. The van der Waals surface area contributed by atoms with Gasteiger partial charge in [-0.15, -0.1) is 0 Å². The van der Waals surface area contributed by atoms with E-state index in [1.165, 1.54) is 11.8 Å². The average Bonchev–Trinajstić information content (AvgIpc) is 2.38. The van der Waals surface area contributed by atoms with E-state index in [0.717, 1.165) is 16.8 Å². The number of aliphatic hydroxyl groups excluding tert-OH is 1. The minimum atomic E-state index is 0.0159. The van der Waals surface area contributed by atoms with Crippen molar-refractivity contribution in [3.05, 3.63) is 41.0 Å². The smallest absolute Gasteiger partial charge is 0.189 e. The Morgan fingerprint density at radius 3 is 2.82 bits per heavy atom. The van der Waals surface area contributed by atoms with Crippen molar-refractivity contribution < 1.29 is 5.11 Å². The van der Waals surface area contributed by atoms with Gasteiger partial charge in [0.15, 0.2) is 5.16 Å². The van der Waals surface area contributed by atoms with Gasteiger partial charge in [0, 0.05) is 11.6 Å². The molecule has 5 heteroatoms. The van der Waals surface area contributed by atoms with Crippen LogP contribution in [-0.4, -0.2) is 21.3 Å². The van der Waals surface area contributed by atoms with Crippen LogP contribution in [0.25, 0.3) is 11.3 Å². The van der Waals surface area contributed by atoms with Gasteiger partial charge in [-0.05, 0) is 17.9 Å². The van der Waals surface area contributed by atoms with Crippen LogP contribution >= 0.6 is 23.4 Å². The fourth-order valence-electron chi connectivity index (χ4n) is 1.46. The van der Waals surface area contributed by atoms with Crippen LogP contribution < -0.4 is 0 Å². The van der Waals surface area contributed by atoms with Gasteiger partial charge in [0.1, 0.15) is 5.15 Å². The minimum absolute atomic E-state index is 0.0159. The molecule has 0 amide bonds. The third kappa shape index (κ3) is 2.97. The number of rotatable bonds is 3. The first-order chi connectivity index (χ1) is 8.22. The Labute approximate surface area is 109 Å². The molecule has 0 aliphatic heterocycles. The zero-order valence-electron chi connectivity index (χ0n) is 9.22. The maximum Gasteiger partial charge on any atom is 0.189 e. The van der Waals surface area contributed by atoms with Gasteiger partial charge in [-0.1, -0.05) is 41.6 Å². The molecule has 1 N–H and O–H groups in total. The Morgan fingerprint density at radius 2 is 2.12 bits per heavy atom. The monoisotopic (exact) mass is 266 g/mol. The Kier molecular flexibility index (Phi) is 3.99. The highest BCUT2D eigenvalue weighted by Crippen LogP contribution is 2.23. The number of aromatic nitrogens is 2. The number of aliphatic hydroxyl groups is 1. The van der Waals surface area contributed by atoms with Gasteiger partial charge >= 0.3 is 0 Å². The molecule has 0 saturated carbocycles. The molecular formula is C12H11ClN2OS. The molecule has 0 unspecified atom stereocenters. The van der Waals surface area contributed by atoms with Crippen molar-refractivity contribution in [1.82, 2.24) is 9.97 Å². The molecule has 0 radical (unpaired) electrons. The van der Waals surface area contributed by atoms with Crippen LogP contribution in [0.2, 0.25) is 5.15 Å². The Bertz CT molecular complexity index is 534. The summed E-state index contributed by atoms with van der Waals surface area (Å²) in [5.41, 5.74) is 2.55. The fourth-order valence-corrected chi connectivity index (χ4v) is 2.08. The zero-order chi connectivity index (χ0) is 12.3. The molecule has 0 saturated heterocycles. The van der Waals surface area contributed by atoms with Crippen molar-refractivity contribution in [2.24, 2.45) is 0 Å². The molecule has 0 fully saturated rings. The first-order valence-corrected chi connectivity index (χ1v) is 6.62. The average molecular weight is 267 g/mol. The molecule has 1 aromatic carbocycles. The number of benzene rings is 1. The standard InChI is InChI=1S/C12H11ClN2OS/c1-17-12-14-10(6-11(13)15-12)9-4-2-3-8(5-9)7-16/h2-6,16H,7H2,1H3. The summed E-state index contributed by atoms with van der Waals surface area (Å²) in [5.74, 6) is 0. The summed E-state index contributed by atoms with van der Waals surface area (Å²) < 4.78 is 0. The molecule has 0 aliphatic carbocycles. The van der Waals surface area contributed by atoms with E-state index in [2.05, 4.69) is 9.97 Å². The van der Waals surface area contributed by atoms with Crippen LogP contribution in [0, 0.1) is 0 Å². The molecule has 0 spiro atoms. The van der Waals surface area contributed by atoms with Gasteiger partial charge in [-0.2, -0.15) is 0 Å². The summed E-state index contributed by atoms with van der Waals surface area (Å²) in [6.45, 7) is 0.0159. The van der Waals surface area contributed by atoms with E-state index in [-0.39, 0.29) is 6.61 Å². The summed E-state index contributed by atoms with van der Waals surface area (Å²) in [6.07, 6.45) is 1.90. The minimum Gasteiger partial charge on any atom is -0.392 e. The number of halogens is 1. The molecule has 17 heavy (non-hydrogen) atoms. The molecule has 2 rings (SSSR count). The van der Waals surface area contributed by atoms with Crippen molar-refractivity contribution in [2.45, 2.75) is 11.8 Å². The summed E-state index contributed by atoms with van der Waals surface area (Å²) >= 11 is 7.38. The highest BCUT2D eigenvalue weighted by molar-refractivity contribution is 7.98. The van der Waals surface area contributed by atoms with E-state index >= 15 is 0 Å². The molecule has 1 heterocycles. The number of thioether (sulfide) groups is 1. The van der Waals surface area contributed by atoms with Crippen molar-refractivity contribution in [3.63, 3.8) is 0 Å². The van der Waals surface area contributed by atoms with Crippen LogP contribution in [0.1, 0.15) is 5.56 Å². The van der Waals surface area contributed by atoms with Gasteiger partial charge in [-0.25, -0.2) is 9.97 Å². The summed E-state index contributed by atoms with van der Waals surface area (Å²) in [7, 11) is 0.